The summed E-state index contributed by atoms with van der Waals surface area (Å²) in [6, 6.07) is 11.3. The van der Waals surface area contributed by atoms with Gasteiger partial charge in [0.05, 0.1) is 16.1 Å². The molecule has 5 nitrogen and oxygen atoms in total. The first kappa shape index (κ1) is 19.2. The fourth-order valence-electron chi connectivity index (χ4n) is 4.23. The van der Waals surface area contributed by atoms with Crippen LogP contribution in [-0.4, -0.2) is 40.5 Å². The van der Waals surface area contributed by atoms with Gasteiger partial charge in [-0.15, -0.1) is 11.3 Å². The predicted molar refractivity (Wildman–Crippen MR) is 119 cm³/mol. The van der Waals surface area contributed by atoms with Gasteiger partial charge in [-0.2, -0.15) is 0 Å². The summed E-state index contributed by atoms with van der Waals surface area (Å²) in [4.78, 5) is 12.0. The molecule has 2 aliphatic heterocycles. The molecular formula is C23H24FN5S. The molecule has 0 aliphatic carbocycles. The molecule has 30 heavy (non-hydrogen) atoms. The molecule has 1 saturated heterocycles. The quantitative estimate of drug-likeness (QED) is 0.677. The van der Waals surface area contributed by atoms with Crippen LogP contribution in [0.1, 0.15) is 22.7 Å². The Morgan fingerprint density at radius 1 is 1.27 bits per heavy atom. The zero-order valence-electron chi connectivity index (χ0n) is 16.9. The van der Waals surface area contributed by atoms with Crippen molar-refractivity contribution >= 4 is 28.2 Å². The van der Waals surface area contributed by atoms with Crippen molar-refractivity contribution in [2.24, 2.45) is 0 Å². The molecular weight excluding hydrogens is 397 g/mol. The highest BCUT2D eigenvalue weighted by molar-refractivity contribution is 7.16. The highest BCUT2D eigenvalue weighted by Crippen LogP contribution is 2.31. The van der Waals surface area contributed by atoms with Crippen molar-refractivity contribution in [1.29, 1.82) is 0 Å². The monoisotopic (exact) mass is 421 g/mol. The number of thiazole rings is 1. The van der Waals surface area contributed by atoms with E-state index in [1.165, 1.54) is 6.07 Å². The van der Waals surface area contributed by atoms with Gasteiger partial charge < -0.3 is 15.5 Å². The number of fused-ring (bicyclic) bond motifs is 2. The van der Waals surface area contributed by atoms with Gasteiger partial charge in [0.25, 0.3) is 0 Å². The Morgan fingerprint density at radius 3 is 3.10 bits per heavy atom. The summed E-state index contributed by atoms with van der Waals surface area (Å²) in [5.41, 5.74) is 3.12. The van der Waals surface area contributed by atoms with E-state index in [0.717, 1.165) is 70.0 Å². The Balaban J connectivity index is 1.45. The van der Waals surface area contributed by atoms with Gasteiger partial charge in [-0.25, -0.2) is 9.37 Å². The SMILES string of the molecule is Cc1nc2c(s1)NC=c1cccnc1=C2N1CCNC(CCc2cccc(F)c2)C1. The number of hydrogen-bond donors (Lipinski definition) is 2. The number of pyridine rings is 1. The van der Waals surface area contributed by atoms with E-state index >= 15 is 0 Å². The van der Waals surface area contributed by atoms with Gasteiger partial charge in [-0.1, -0.05) is 12.1 Å². The van der Waals surface area contributed by atoms with Crippen LogP contribution in [0.25, 0.3) is 11.9 Å². The van der Waals surface area contributed by atoms with Crippen LogP contribution < -0.4 is 21.2 Å². The highest BCUT2D eigenvalue weighted by atomic mass is 32.1. The minimum Gasteiger partial charge on any atom is -0.365 e. The second-order valence-corrected chi connectivity index (χ2v) is 8.96. The maximum atomic E-state index is 13.5. The summed E-state index contributed by atoms with van der Waals surface area (Å²) in [5.74, 6) is -0.169. The first-order valence-corrected chi connectivity index (χ1v) is 11.1. The first-order valence-electron chi connectivity index (χ1n) is 10.3. The molecule has 2 aromatic heterocycles. The van der Waals surface area contributed by atoms with Crippen LogP contribution in [-0.2, 0) is 6.42 Å². The van der Waals surface area contributed by atoms with E-state index in [1.54, 1.807) is 23.5 Å². The lowest BCUT2D eigenvalue weighted by Gasteiger charge is -2.36. The molecule has 2 aliphatic rings. The van der Waals surface area contributed by atoms with E-state index in [1.807, 2.05) is 31.5 Å². The lowest BCUT2D eigenvalue weighted by atomic mass is 10.0. The van der Waals surface area contributed by atoms with Crippen LogP contribution in [0, 0.1) is 12.7 Å². The number of anilines is 1. The van der Waals surface area contributed by atoms with E-state index in [4.69, 9.17) is 9.97 Å². The van der Waals surface area contributed by atoms with Gasteiger partial charge in [0.2, 0.25) is 0 Å². The van der Waals surface area contributed by atoms with Crippen molar-refractivity contribution in [3.63, 3.8) is 0 Å². The Morgan fingerprint density at radius 2 is 2.20 bits per heavy atom. The molecule has 7 heteroatoms. The molecule has 0 spiro atoms. The number of aryl methyl sites for hydroxylation is 2. The number of nitrogens with zero attached hydrogens (tertiary/aromatic N) is 3. The number of nitrogens with one attached hydrogen (secondary N) is 2. The molecule has 1 atom stereocenters. The summed E-state index contributed by atoms with van der Waals surface area (Å²) in [6.45, 7) is 4.71. The van der Waals surface area contributed by atoms with Gasteiger partial charge >= 0.3 is 0 Å². The van der Waals surface area contributed by atoms with Crippen molar-refractivity contribution in [2.45, 2.75) is 25.8 Å². The summed E-state index contributed by atoms with van der Waals surface area (Å²) < 4.78 is 13.5. The summed E-state index contributed by atoms with van der Waals surface area (Å²) >= 11 is 1.67. The first-order chi connectivity index (χ1) is 14.7. The molecule has 5 rings (SSSR count). The molecule has 0 bridgehead atoms. The third-order valence-electron chi connectivity index (χ3n) is 5.62. The second-order valence-electron chi connectivity index (χ2n) is 7.75. The zero-order valence-corrected chi connectivity index (χ0v) is 17.7. The Kier molecular flexibility index (Phi) is 5.23. The van der Waals surface area contributed by atoms with Crippen molar-refractivity contribution in [3.8, 4) is 0 Å². The molecule has 0 radical (unpaired) electrons. The van der Waals surface area contributed by atoms with Crippen molar-refractivity contribution in [3.05, 3.63) is 75.2 Å². The summed E-state index contributed by atoms with van der Waals surface area (Å²) in [5, 5.41) is 11.2. The Hall–Kier alpha value is -2.77. The standard InChI is InChI=1S/C23H24FN5S/c1-15-28-21-22(20-17(5-3-9-26-20)13-27-23(21)30-15)29-11-10-25-19(14-29)8-7-16-4-2-6-18(24)12-16/h2-6,9,12-13,19,25,27H,7-8,10-11,14H2,1H3. The molecule has 154 valence electrons. The summed E-state index contributed by atoms with van der Waals surface area (Å²) in [6.07, 6.45) is 5.68. The van der Waals surface area contributed by atoms with Gasteiger partial charge in [-0.3, -0.25) is 4.98 Å². The predicted octanol–water partition coefficient (Wildman–Crippen LogP) is 2.21. The third kappa shape index (κ3) is 3.82. The molecule has 0 amide bonds. The molecule has 4 heterocycles. The fourth-order valence-corrected chi connectivity index (χ4v) is 5.02. The lowest BCUT2D eigenvalue weighted by molar-refractivity contribution is 0.268. The molecule has 3 aromatic rings. The largest absolute Gasteiger partial charge is 0.365 e. The topological polar surface area (TPSA) is 53.1 Å². The number of aromatic nitrogens is 2. The van der Waals surface area contributed by atoms with E-state index in [-0.39, 0.29) is 5.82 Å². The number of hydrogen-bond acceptors (Lipinski definition) is 6. The van der Waals surface area contributed by atoms with Crippen molar-refractivity contribution < 1.29 is 4.39 Å². The molecule has 1 unspecified atom stereocenters. The van der Waals surface area contributed by atoms with Gasteiger partial charge in [0.1, 0.15) is 16.5 Å². The van der Waals surface area contributed by atoms with E-state index < -0.39 is 0 Å². The minimum absolute atomic E-state index is 0.169. The van der Waals surface area contributed by atoms with Gasteiger partial charge in [0, 0.05) is 43.3 Å². The van der Waals surface area contributed by atoms with E-state index in [2.05, 4.69) is 21.6 Å². The van der Waals surface area contributed by atoms with Crippen molar-refractivity contribution in [2.75, 3.05) is 25.0 Å². The maximum Gasteiger partial charge on any atom is 0.124 e. The van der Waals surface area contributed by atoms with E-state index in [0.29, 0.717) is 6.04 Å². The zero-order chi connectivity index (χ0) is 20.5. The Bertz CT molecular complexity index is 1190. The second kappa shape index (κ2) is 8.16. The van der Waals surface area contributed by atoms with Crippen molar-refractivity contribution in [1.82, 2.24) is 20.2 Å². The summed E-state index contributed by atoms with van der Waals surface area (Å²) in [7, 11) is 0. The van der Waals surface area contributed by atoms with Crippen LogP contribution >= 0.6 is 11.3 Å². The van der Waals surface area contributed by atoms with Gasteiger partial charge in [0.15, 0.2) is 0 Å². The number of piperazine rings is 1. The van der Waals surface area contributed by atoms with Crippen LogP contribution in [0.5, 0.6) is 0 Å². The van der Waals surface area contributed by atoms with Crippen LogP contribution in [0.2, 0.25) is 0 Å². The number of rotatable bonds is 4. The average molecular weight is 422 g/mol. The molecule has 0 saturated carbocycles. The number of benzene rings is 1. The van der Waals surface area contributed by atoms with E-state index in [9.17, 15) is 4.39 Å². The Labute approximate surface area is 179 Å². The smallest absolute Gasteiger partial charge is 0.124 e. The number of halogens is 1. The normalized spacial score (nSPS) is 18.1. The van der Waals surface area contributed by atoms with Crippen LogP contribution in [0.15, 0.2) is 42.6 Å². The molecule has 1 fully saturated rings. The third-order valence-corrected chi connectivity index (χ3v) is 6.52. The van der Waals surface area contributed by atoms with Crippen LogP contribution in [0.4, 0.5) is 9.39 Å². The maximum absolute atomic E-state index is 13.5. The minimum atomic E-state index is -0.169. The highest BCUT2D eigenvalue weighted by Gasteiger charge is 2.27. The molecule has 1 aromatic carbocycles. The lowest BCUT2D eigenvalue weighted by Crippen LogP contribution is -2.52. The van der Waals surface area contributed by atoms with Crippen LogP contribution in [0.3, 0.4) is 0 Å². The molecule has 2 N–H and O–H groups in total. The fraction of sp³-hybridized carbons (Fsp3) is 0.304. The van der Waals surface area contributed by atoms with Gasteiger partial charge in [-0.05, 0) is 49.6 Å². The average Bonchev–Trinajstić information content (AvgIpc) is 3.05.